The predicted octanol–water partition coefficient (Wildman–Crippen LogP) is 1.72. The molecule has 0 fully saturated rings. The summed E-state index contributed by atoms with van der Waals surface area (Å²) in [6, 6.07) is 8.44. The second-order valence-electron chi connectivity index (χ2n) is 4.48. The molecule has 1 amide bonds. The Morgan fingerprint density at radius 1 is 1.29 bits per heavy atom. The van der Waals surface area contributed by atoms with Crippen LogP contribution in [0.4, 0.5) is 10.1 Å². The van der Waals surface area contributed by atoms with Crippen molar-refractivity contribution < 1.29 is 19.2 Å². The van der Waals surface area contributed by atoms with E-state index in [1.54, 1.807) is 25.1 Å². The topological polar surface area (TPSA) is 69.6 Å². The standard InChI is InChI=1S/C14H12BClFNO3/c1-8-11(16)3-2-4-13(8)18-14(19)9-5-6-12(17)10(7-9)15(20)21/h2-7,20-21H,1H3,(H,18,19). The summed E-state index contributed by atoms with van der Waals surface area (Å²) >= 11 is 5.96. The van der Waals surface area contributed by atoms with Gasteiger partial charge in [0.2, 0.25) is 0 Å². The van der Waals surface area contributed by atoms with Gasteiger partial charge in [-0.2, -0.15) is 0 Å². The third-order valence-corrected chi connectivity index (χ3v) is 3.46. The van der Waals surface area contributed by atoms with Gasteiger partial charge in [0, 0.05) is 21.7 Å². The smallest absolute Gasteiger partial charge is 0.423 e. The third kappa shape index (κ3) is 3.42. The average Bonchev–Trinajstić information content (AvgIpc) is 2.44. The van der Waals surface area contributed by atoms with Crippen LogP contribution < -0.4 is 10.8 Å². The number of rotatable bonds is 3. The van der Waals surface area contributed by atoms with Crippen LogP contribution in [0.1, 0.15) is 15.9 Å². The van der Waals surface area contributed by atoms with E-state index in [0.717, 1.165) is 12.1 Å². The van der Waals surface area contributed by atoms with Gasteiger partial charge in [0.05, 0.1) is 0 Å². The maximum Gasteiger partial charge on any atom is 0.491 e. The first-order valence-electron chi connectivity index (χ1n) is 6.12. The molecule has 0 saturated heterocycles. The minimum atomic E-state index is -1.98. The number of nitrogens with one attached hydrogen (secondary N) is 1. The lowest BCUT2D eigenvalue weighted by molar-refractivity contribution is 0.102. The second-order valence-corrected chi connectivity index (χ2v) is 4.88. The van der Waals surface area contributed by atoms with Gasteiger partial charge in [0.1, 0.15) is 5.82 Å². The summed E-state index contributed by atoms with van der Waals surface area (Å²) in [6.07, 6.45) is 0. The molecule has 4 nitrogen and oxygen atoms in total. The van der Waals surface area contributed by atoms with Crippen LogP contribution in [0.15, 0.2) is 36.4 Å². The molecule has 3 N–H and O–H groups in total. The molecule has 2 rings (SSSR count). The van der Waals surface area contributed by atoms with Gasteiger partial charge < -0.3 is 15.4 Å². The summed E-state index contributed by atoms with van der Waals surface area (Å²) in [5, 5.41) is 21.3. The van der Waals surface area contributed by atoms with Crippen molar-refractivity contribution in [1.82, 2.24) is 0 Å². The Hall–Kier alpha value is -1.89. The Bertz CT molecular complexity index is 694. The van der Waals surface area contributed by atoms with E-state index in [1.165, 1.54) is 6.07 Å². The fourth-order valence-corrected chi connectivity index (χ4v) is 1.99. The summed E-state index contributed by atoms with van der Waals surface area (Å²) in [5.41, 5.74) is 0.990. The Balaban J connectivity index is 2.29. The fraction of sp³-hybridized carbons (Fsp3) is 0.0714. The highest BCUT2D eigenvalue weighted by molar-refractivity contribution is 6.58. The minimum Gasteiger partial charge on any atom is -0.423 e. The summed E-state index contributed by atoms with van der Waals surface area (Å²) in [4.78, 5) is 12.1. The van der Waals surface area contributed by atoms with Crippen LogP contribution in [-0.4, -0.2) is 23.1 Å². The molecule has 0 saturated carbocycles. The molecular formula is C14H12BClFNO3. The highest BCUT2D eigenvalue weighted by Gasteiger charge is 2.19. The van der Waals surface area contributed by atoms with E-state index >= 15 is 0 Å². The zero-order chi connectivity index (χ0) is 15.6. The van der Waals surface area contributed by atoms with Crippen molar-refractivity contribution in [3.8, 4) is 0 Å². The van der Waals surface area contributed by atoms with Gasteiger partial charge in [-0.1, -0.05) is 17.7 Å². The maximum atomic E-state index is 13.4. The van der Waals surface area contributed by atoms with Crippen molar-refractivity contribution in [3.05, 3.63) is 58.4 Å². The van der Waals surface area contributed by atoms with Crippen molar-refractivity contribution in [2.24, 2.45) is 0 Å². The van der Waals surface area contributed by atoms with Crippen molar-refractivity contribution in [3.63, 3.8) is 0 Å². The van der Waals surface area contributed by atoms with E-state index in [9.17, 15) is 9.18 Å². The van der Waals surface area contributed by atoms with E-state index < -0.39 is 18.8 Å². The van der Waals surface area contributed by atoms with Gasteiger partial charge in [0.15, 0.2) is 0 Å². The SMILES string of the molecule is Cc1c(Cl)cccc1NC(=O)c1ccc(F)c(B(O)O)c1. The Morgan fingerprint density at radius 3 is 2.67 bits per heavy atom. The van der Waals surface area contributed by atoms with Gasteiger partial charge in [-0.05, 0) is 42.8 Å². The molecule has 2 aromatic rings. The molecular weight excluding hydrogens is 295 g/mol. The largest absolute Gasteiger partial charge is 0.491 e. The molecule has 0 unspecified atom stereocenters. The van der Waals surface area contributed by atoms with Gasteiger partial charge in [0.25, 0.3) is 5.91 Å². The molecule has 0 aliphatic rings. The molecule has 0 atom stereocenters. The van der Waals surface area contributed by atoms with Crippen molar-refractivity contribution >= 4 is 35.8 Å². The molecule has 108 valence electrons. The highest BCUT2D eigenvalue weighted by atomic mass is 35.5. The second kappa shape index (κ2) is 6.26. The quantitative estimate of drug-likeness (QED) is 0.756. The van der Waals surface area contributed by atoms with Crippen molar-refractivity contribution in [1.29, 1.82) is 0 Å². The number of anilines is 1. The maximum absolute atomic E-state index is 13.4. The number of amides is 1. The third-order valence-electron chi connectivity index (χ3n) is 3.05. The average molecular weight is 308 g/mol. The molecule has 0 aromatic heterocycles. The Kier molecular flexibility index (Phi) is 4.62. The number of hydrogen-bond acceptors (Lipinski definition) is 3. The van der Waals surface area contributed by atoms with Crippen LogP contribution in [0.3, 0.4) is 0 Å². The number of carbonyl (C=O) groups is 1. The van der Waals surface area contributed by atoms with Crippen LogP contribution in [0.25, 0.3) is 0 Å². The molecule has 0 spiro atoms. The monoisotopic (exact) mass is 307 g/mol. The van der Waals surface area contributed by atoms with Crippen molar-refractivity contribution in [2.45, 2.75) is 6.92 Å². The zero-order valence-electron chi connectivity index (χ0n) is 11.1. The zero-order valence-corrected chi connectivity index (χ0v) is 11.9. The highest BCUT2D eigenvalue weighted by Crippen LogP contribution is 2.23. The lowest BCUT2D eigenvalue weighted by Gasteiger charge is -2.10. The molecule has 0 aliphatic carbocycles. The van der Waals surface area contributed by atoms with E-state index in [1.807, 2.05) is 0 Å². The first kappa shape index (κ1) is 15.5. The molecule has 2 aromatic carbocycles. The van der Waals surface area contributed by atoms with Crippen LogP contribution in [0, 0.1) is 12.7 Å². The molecule has 7 heteroatoms. The fourth-order valence-electron chi connectivity index (χ4n) is 1.82. The lowest BCUT2D eigenvalue weighted by atomic mass is 9.79. The first-order chi connectivity index (χ1) is 9.90. The van der Waals surface area contributed by atoms with Gasteiger partial charge in [-0.3, -0.25) is 4.79 Å². The van der Waals surface area contributed by atoms with E-state index in [4.69, 9.17) is 21.6 Å². The van der Waals surface area contributed by atoms with Crippen molar-refractivity contribution in [2.75, 3.05) is 5.32 Å². The van der Waals surface area contributed by atoms with Crippen LogP contribution in [0.5, 0.6) is 0 Å². The summed E-state index contributed by atoms with van der Waals surface area (Å²) in [5.74, 6) is -1.29. The summed E-state index contributed by atoms with van der Waals surface area (Å²) in [7, 11) is -1.98. The van der Waals surface area contributed by atoms with Crippen LogP contribution >= 0.6 is 11.6 Å². The normalized spacial score (nSPS) is 10.3. The first-order valence-corrected chi connectivity index (χ1v) is 6.50. The lowest BCUT2D eigenvalue weighted by Crippen LogP contribution is -2.33. The van der Waals surface area contributed by atoms with Gasteiger partial charge in [-0.15, -0.1) is 0 Å². The molecule has 0 aliphatic heterocycles. The van der Waals surface area contributed by atoms with Crippen LogP contribution in [0.2, 0.25) is 5.02 Å². The molecule has 0 heterocycles. The number of benzene rings is 2. The Labute approximate surface area is 126 Å². The number of carbonyl (C=O) groups excluding carboxylic acids is 1. The van der Waals surface area contributed by atoms with E-state index in [2.05, 4.69) is 5.32 Å². The summed E-state index contributed by atoms with van der Waals surface area (Å²) < 4.78 is 13.4. The van der Waals surface area contributed by atoms with Crippen LogP contribution in [-0.2, 0) is 0 Å². The number of hydrogen-bond donors (Lipinski definition) is 3. The molecule has 21 heavy (non-hydrogen) atoms. The number of halogens is 2. The summed E-state index contributed by atoms with van der Waals surface area (Å²) in [6.45, 7) is 1.76. The van der Waals surface area contributed by atoms with E-state index in [-0.39, 0.29) is 11.0 Å². The predicted molar refractivity (Wildman–Crippen MR) is 80.4 cm³/mol. The minimum absolute atomic E-state index is 0.110. The van der Waals surface area contributed by atoms with E-state index in [0.29, 0.717) is 16.3 Å². The Morgan fingerprint density at radius 2 is 2.00 bits per heavy atom. The van der Waals surface area contributed by atoms with Gasteiger partial charge in [-0.25, -0.2) is 4.39 Å². The molecule has 0 radical (unpaired) electrons. The van der Waals surface area contributed by atoms with Gasteiger partial charge >= 0.3 is 7.12 Å². The molecule has 0 bridgehead atoms.